The van der Waals surface area contributed by atoms with Gasteiger partial charge in [-0.15, -0.1) is 0 Å². The summed E-state index contributed by atoms with van der Waals surface area (Å²) in [7, 11) is 0. The Morgan fingerprint density at radius 3 is 1.62 bits per heavy atom. The smallest absolute Gasteiger partial charge is 0.0471 e. The molecule has 21 heavy (non-hydrogen) atoms. The lowest BCUT2D eigenvalue weighted by molar-refractivity contribution is 0.299. The number of benzene rings is 1. The van der Waals surface area contributed by atoms with Crippen LogP contribution in [0.4, 0.5) is 0 Å². The fraction of sp³-hybridized carbons (Fsp3) is 0.700. The van der Waals surface area contributed by atoms with Crippen LogP contribution in [0.15, 0.2) is 12.1 Å². The molecule has 120 valence electrons. The second-order valence-electron chi connectivity index (χ2n) is 6.18. The van der Waals surface area contributed by atoms with Gasteiger partial charge in [-0.1, -0.05) is 52.2 Å². The highest BCUT2D eigenvalue weighted by Crippen LogP contribution is 2.23. The molecule has 0 saturated carbocycles. The van der Waals surface area contributed by atoms with Crippen LogP contribution in [0.1, 0.15) is 81.5 Å². The number of aryl methyl sites for hydroxylation is 3. The van der Waals surface area contributed by atoms with E-state index in [1.54, 1.807) is 0 Å². The zero-order valence-corrected chi connectivity index (χ0v) is 14.4. The Morgan fingerprint density at radius 1 is 0.714 bits per heavy atom. The molecule has 0 heterocycles. The minimum atomic E-state index is 0.270. The van der Waals surface area contributed by atoms with Gasteiger partial charge in [-0.25, -0.2) is 0 Å². The van der Waals surface area contributed by atoms with Crippen LogP contribution < -0.4 is 0 Å². The molecular formula is C20H34O. The number of rotatable bonds is 11. The molecule has 0 saturated heterocycles. The highest BCUT2D eigenvalue weighted by Gasteiger charge is 2.10. The van der Waals surface area contributed by atoms with Gasteiger partial charge in [0.25, 0.3) is 0 Å². The maximum Gasteiger partial charge on any atom is 0.0471 e. The van der Waals surface area contributed by atoms with Gasteiger partial charge in [0.15, 0.2) is 0 Å². The molecule has 1 N–H and O–H groups in total. The lowest BCUT2D eigenvalue weighted by Crippen LogP contribution is -2.06. The number of hydrogen-bond donors (Lipinski definition) is 1. The molecule has 1 aromatic carbocycles. The quantitative estimate of drug-likeness (QED) is 0.590. The molecule has 0 aliphatic carbocycles. The van der Waals surface area contributed by atoms with Crippen LogP contribution in [-0.4, -0.2) is 11.7 Å². The summed E-state index contributed by atoms with van der Waals surface area (Å²) in [6.45, 7) is 7.04. The summed E-state index contributed by atoms with van der Waals surface area (Å²) in [5.41, 5.74) is 5.96. The summed E-state index contributed by atoms with van der Waals surface area (Å²) in [6.07, 6.45) is 11.9. The summed E-state index contributed by atoms with van der Waals surface area (Å²) in [5, 5.41) is 9.43. The average molecular weight is 290 g/mol. The standard InChI is InChI=1S/C20H34O/c1-4-7-10-17-15-18(11-8-5-2)20(13-14-21)19(16-17)12-9-6-3/h15-16,21H,4-14H2,1-3H3. The SMILES string of the molecule is CCCCc1cc(CCCC)c(CCO)c(CCCC)c1. The summed E-state index contributed by atoms with van der Waals surface area (Å²) in [4.78, 5) is 0. The van der Waals surface area contributed by atoms with Crippen LogP contribution >= 0.6 is 0 Å². The molecule has 0 radical (unpaired) electrons. The second-order valence-corrected chi connectivity index (χ2v) is 6.18. The van der Waals surface area contributed by atoms with E-state index in [0.29, 0.717) is 0 Å². The van der Waals surface area contributed by atoms with Gasteiger partial charge < -0.3 is 5.11 Å². The van der Waals surface area contributed by atoms with E-state index in [4.69, 9.17) is 0 Å². The maximum absolute atomic E-state index is 9.43. The van der Waals surface area contributed by atoms with Gasteiger partial charge in [0.1, 0.15) is 0 Å². The van der Waals surface area contributed by atoms with Gasteiger partial charge in [-0.2, -0.15) is 0 Å². The molecule has 0 aliphatic heterocycles. The Balaban J connectivity index is 3.07. The van der Waals surface area contributed by atoms with E-state index in [2.05, 4.69) is 32.9 Å². The Bertz CT molecular complexity index is 366. The van der Waals surface area contributed by atoms with Crippen LogP contribution in [-0.2, 0) is 25.7 Å². The van der Waals surface area contributed by atoms with Crippen molar-refractivity contribution in [2.45, 2.75) is 85.0 Å². The molecule has 0 amide bonds. The van der Waals surface area contributed by atoms with Crippen molar-refractivity contribution in [1.29, 1.82) is 0 Å². The van der Waals surface area contributed by atoms with Gasteiger partial charge in [-0.05, 0) is 67.2 Å². The van der Waals surface area contributed by atoms with Gasteiger partial charge in [0.05, 0.1) is 0 Å². The Labute approximate surface area is 131 Å². The molecule has 0 spiro atoms. The third kappa shape index (κ3) is 6.22. The minimum absolute atomic E-state index is 0.270. The van der Waals surface area contributed by atoms with Crippen molar-refractivity contribution in [3.05, 3.63) is 34.4 Å². The van der Waals surface area contributed by atoms with Crippen molar-refractivity contribution in [1.82, 2.24) is 0 Å². The van der Waals surface area contributed by atoms with E-state index >= 15 is 0 Å². The van der Waals surface area contributed by atoms with Gasteiger partial charge in [0, 0.05) is 6.61 Å². The largest absolute Gasteiger partial charge is 0.396 e. The fourth-order valence-corrected chi connectivity index (χ4v) is 3.01. The van der Waals surface area contributed by atoms with E-state index in [9.17, 15) is 5.11 Å². The fourth-order valence-electron chi connectivity index (χ4n) is 3.01. The van der Waals surface area contributed by atoms with E-state index in [0.717, 1.165) is 6.42 Å². The van der Waals surface area contributed by atoms with E-state index in [-0.39, 0.29) is 6.61 Å². The number of aliphatic hydroxyl groups is 1. The van der Waals surface area contributed by atoms with Crippen LogP contribution in [0.25, 0.3) is 0 Å². The molecular weight excluding hydrogens is 256 g/mol. The van der Waals surface area contributed by atoms with Gasteiger partial charge in [0.2, 0.25) is 0 Å². The highest BCUT2D eigenvalue weighted by molar-refractivity contribution is 5.40. The van der Waals surface area contributed by atoms with Gasteiger partial charge in [-0.3, -0.25) is 0 Å². The first-order valence-electron chi connectivity index (χ1n) is 9.01. The molecule has 0 atom stereocenters. The summed E-state index contributed by atoms with van der Waals surface area (Å²) in [6, 6.07) is 4.84. The van der Waals surface area contributed by atoms with Crippen molar-refractivity contribution in [2.24, 2.45) is 0 Å². The first-order chi connectivity index (χ1) is 10.3. The van der Waals surface area contributed by atoms with Crippen molar-refractivity contribution >= 4 is 0 Å². The van der Waals surface area contributed by atoms with E-state index in [1.807, 2.05) is 0 Å². The highest BCUT2D eigenvalue weighted by atomic mass is 16.2. The molecule has 0 aromatic heterocycles. The Morgan fingerprint density at radius 2 is 1.19 bits per heavy atom. The second kappa shape index (κ2) is 10.8. The summed E-state index contributed by atoms with van der Waals surface area (Å²) >= 11 is 0. The molecule has 0 unspecified atom stereocenters. The summed E-state index contributed by atoms with van der Waals surface area (Å²) in [5.74, 6) is 0. The Kier molecular flexibility index (Phi) is 9.41. The van der Waals surface area contributed by atoms with Crippen LogP contribution in [0.3, 0.4) is 0 Å². The third-order valence-corrected chi connectivity index (χ3v) is 4.27. The monoisotopic (exact) mass is 290 g/mol. The lowest BCUT2D eigenvalue weighted by atomic mass is 9.89. The van der Waals surface area contributed by atoms with E-state index in [1.165, 1.54) is 80.0 Å². The number of aliphatic hydroxyl groups excluding tert-OH is 1. The molecule has 1 rings (SSSR count). The zero-order valence-electron chi connectivity index (χ0n) is 14.4. The van der Waals surface area contributed by atoms with Crippen molar-refractivity contribution < 1.29 is 5.11 Å². The first-order valence-corrected chi connectivity index (χ1v) is 9.01. The van der Waals surface area contributed by atoms with Gasteiger partial charge >= 0.3 is 0 Å². The number of hydrogen-bond acceptors (Lipinski definition) is 1. The predicted molar refractivity (Wildman–Crippen MR) is 93.1 cm³/mol. The van der Waals surface area contributed by atoms with Crippen LogP contribution in [0.2, 0.25) is 0 Å². The molecule has 0 aliphatic rings. The van der Waals surface area contributed by atoms with E-state index < -0.39 is 0 Å². The predicted octanol–water partition coefficient (Wildman–Crippen LogP) is 5.25. The molecule has 1 aromatic rings. The Hall–Kier alpha value is -0.820. The number of unbranched alkanes of at least 4 members (excludes halogenated alkanes) is 3. The molecule has 0 bridgehead atoms. The van der Waals surface area contributed by atoms with Crippen LogP contribution in [0, 0.1) is 0 Å². The topological polar surface area (TPSA) is 20.2 Å². The lowest BCUT2D eigenvalue weighted by Gasteiger charge is -2.17. The van der Waals surface area contributed by atoms with Crippen molar-refractivity contribution in [2.75, 3.05) is 6.61 Å². The zero-order chi connectivity index (χ0) is 15.5. The third-order valence-electron chi connectivity index (χ3n) is 4.27. The first kappa shape index (κ1) is 18.2. The molecule has 0 fully saturated rings. The molecule has 1 nitrogen and oxygen atoms in total. The van der Waals surface area contributed by atoms with Crippen LogP contribution in [0.5, 0.6) is 0 Å². The minimum Gasteiger partial charge on any atom is -0.396 e. The average Bonchev–Trinajstić information content (AvgIpc) is 2.50. The maximum atomic E-state index is 9.43. The van der Waals surface area contributed by atoms with Crippen molar-refractivity contribution in [3.63, 3.8) is 0 Å². The normalized spacial score (nSPS) is 11.0. The summed E-state index contributed by atoms with van der Waals surface area (Å²) < 4.78 is 0. The van der Waals surface area contributed by atoms with Crippen molar-refractivity contribution in [3.8, 4) is 0 Å². The molecule has 1 heteroatoms.